The zero-order valence-corrected chi connectivity index (χ0v) is 10.4. The molecule has 0 aromatic heterocycles. The summed E-state index contributed by atoms with van der Waals surface area (Å²) in [6.07, 6.45) is 0. The molecular formula is C16H16O2. The lowest BCUT2D eigenvalue weighted by Gasteiger charge is -2.04. The maximum Gasteiger partial charge on any atom is 0.193 e. The van der Waals surface area contributed by atoms with E-state index in [4.69, 9.17) is 4.74 Å². The van der Waals surface area contributed by atoms with Crippen molar-refractivity contribution >= 4 is 5.78 Å². The van der Waals surface area contributed by atoms with Gasteiger partial charge in [0, 0.05) is 17.7 Å². The van der Waals surface area contributed by atoms with Gasteiger partial charge >= 0.3 is 0 Å². The molecule has 2 aromatic rings. The highest BCUT2D eigenvalue weighted by atomic mass is 16.5. The number of carbonyl (C=O) groups is 1. The molecule has 0 saturated heterocycles. The molecule has 2 heteroatoms. The number of rotatable bonds is 5. The highest BCUT2D eigenvalue weighted by Gasteiger charge is 2.07. The van der Waals surface area contributed by atoms with Gasteiger partial charge in [-0.05, 0) is 12.5 Å². The number of hydrogen-bond acceptors (Lipinski definition) is 2. The summed E-state index contributed by atoms with van der Waals surface area (Å²) in [4.78, 5) is 12.1. The minimum absolute atomic E-state index is 0.0542. The second kappa shape index (κ2) is 6.12. The van der Waals surface area contributed by atoms with E-state index in [0.29, 0.717) is 18.8 Å². The van der Waals surface area contributed by atoms with Gasteiger partial charge in [0.1, 0.15) is 0 Å². The van der Waals surface area contributed by atoms with Crippen LogP contribution >= 0.6 is 0 Å². The summed E-state index contributed by atoms with van der Waals surface area (Å²) in [5.74, 6) is 0.0542. The summed E-state index contributed by atoms with van der Waals surface area (Å²) >= 11 is 0. The smallest absolute Gasteiger partial charge is 0.193 e. The van der Waals surface area contributed by atoms with Crippen LogP contribution < -0.4 is 0 Å². The van der Waals surface area contributed by atoms with E-state index >= 15 is 0 Å². The summed E-state index contributed by atoms with van der Waals surface area (Å²) in [7, 11) is 0. The fourth-order valence-corrected chi connectivity index (χ4v) is 1.73. The van der Waals surface area contributed by atoms with E-state index < -0.39 is 0 Å². The summed E-state index contributed by atoms with van der Waals surface area (Å²) in [5, 5.41) is 0. The van der Waals surface area contributed by atoms with Gasteiger partial charge < -0.3 is 4.74 Å². The normalized spacial score (nSPS) is 10.3. The van der Waals surface area contributed by atoms with Crippen LogP contribution in [0.2, 0.25) is 0 Å². The van der Waals surface area contributed by atoms with Crippen LogP contribution in [0, 0.1) is 0 Å². The molecule has 18 heavy (non-hydrogen) atoms. The first kappa shape index (κ1) is 12.5. The summed E-state index contributed by atoms with van der Waals surface area (Å²) in [5.41, 5.74) is 2.51. The fraction of sp³-hybridized carbons (Fsp3) is 0.188. The fourth-order valence-electron chi connectivity index (χ4n) is 1.73. The van der Waals surface area contributed by atoms with Crippen molar-refractivity contribution in [2.45, 2.75) is 13.5 Å². The Morgan fingerprint density at radius 3 is 2.17 bits per heavy atom. The van der Waals surface area contributed by atoms with Crippen molar-refractivity contribution in [3.63, 3.8) is 0 Å². The predicted molar refractivity (Wildman–Crippen MR) is 71.6 cm³/mol. The van der Waals surface area contributed by atoms with E-state index in [1.807, 2.05) is 61.5 Å². The Balaban J connectivity index is 2.12. The first-order valence-electron chi connectivity index (χ1n) is 6.07. The van der Waals surface area contributed by atoms with Gasteiger partial charge in [0.25, 0.3) is 0 Å². The summed E-state index contributed by atoms with van der Waals surface area (Å²) < 4.78 is 5.32. The van der Waals surface area contributed by atoms with Crippen LogP contribution in [0.1, 0.15) is 28.4 Å². The molecule has 0 N–H and O–H groups in total. The number of ether oxygens (including phenoxy) is 1. The topological polar surface area (TPSA) is 26.3 Å². The Hall–Kier alpha value is -1.93. The van der Waals surface area contributed by atoms with E-state index in [0.717, 1.165) is 11.1 Å². The first-order chi connectivity index (χ1) is 8.81. The Morgan fingerprint density at radius 1 is 0.944 bits per heavy atom. The quantitative estimate of drug-likeness (QED) is 0.748. The van der Waals surface area contributed by atoms with Gasteiger partial charge in [0.15, 0.2) is 5.78 Å². The monoisotopic (exact) mass is 240 g/mol. The lowest BCUT2D eigenvalue weighted by atomic mass is 10.0. The summed E-state index contributed by atoms with van der Waals surface area (Å²) in [6.45, 7) is 3.26. The molecule has 0 aliphatic rings. The van der Waals surface area contributed by atoms with Crippen LogP contribution in [0.3, 0.4) is 0 Å². The SMILES string of the molecule is CCOCc1ccc(C(=O)c2ccccc2)cc1. The lowest BCUT2D eigenvalue weighted by Crippen LogP contribution is -2.01. The van der Waals surface area contributed by atoms with Crippen LogP contribution in [0.5, 0.6) is 0 Å². The van der Waals surface area contributed by atoms with Gasteiger partial charge in [-0.15, -0.1) is 0 Å². The third kappa shape index (κ3) is 3.05. The second-order valence-electron chi connectivity index (χ2n) is 4.03. The van der Waals surface area contributed by atoms with Gasteiger partial charge in [-0.25, -0.2) is 0 Å². The zero-order valence-electron chi connectivity index (χ0n) is 10.4. The molecule has 0 aliphatic carbocycles. The van der Waals surface area contributed by atoms with E-state index in [1.54, 1.807) is 0 Å². The van der Waals surface area contributed by atoms with Crippen LogP contribution in [0.25, 0.3) is 0 Å². The Bertz CT molecular complexity index is 500. The Morgan fingerprint density at radius 2 is 1.56 bits per heavy atom. The predicted octanol–water partition coefficient (Wildman–Crippen LogP) is 3.45. The number of ketones is 1. The van der Waals surface area contributed by atoms with E-state index in [-0.39, 0.29) is 5.78 Å². The molecule has 0 unspecified atom stereocenters. The molecule has 0 fully saturated rings. The average molecular weight is 240 g/mol. The minimum atomic E-state index is 0.0542. The van der Waals surface area contributed by atoms with Crippen LogP contribution in [0.15, 0.2) is 54.6 Å². The molecule has 92 valence electrons. The van der Waals surface area contributed by atoms with E-state index in [9.17, 15) is 4.79 Å². The van der Waals surface area contributed by atoms with Crippen molar-refractivity contribution in [2.75, 3.05) is 6.61 Å². The van der Waals surface area contributed by atoms with Gasteiger partial charge in [0.05, 0.1) is 6.61 Å². The maximum atomic E-state index is 12.1. The van der Waals surface area contributed by atoms with E-state index in [1.165, 1.54) is 0 Å². The maximum absolute atomic E-state index is 12.1. The highest BCUT2D eigenvalue weighted by Crippen LogP contribution is 2.11. The molecular weight excluding hydrogens is 224 g/mol. The van der Waals surface area contributed by atoms with Crippen molar-refractivity contribution in [2.24, 2.45) is 0 Å². The number of benzene rings is 2. The van der Waals surface area contributed by atoms with Crippen LogP contribution in [-0.2, 0) is 11.3 Å². The summed E-state index contributed by atoms with van der Waals surface area (Å²) in [6, 6.07) is 16.9. The standard InChI is InChI=1S/C16H16O2/c1-2-18-12-13-8-10-15(11-9-13)16(17)14-6-4-3-5-7-14/h3-11H,2,12H2,1H3. The molecule has 0 saturated carbocycles. The van der Waals surface area contributed by atoms with Crippen LogP contribution in [0.4, 0.5) is 0 Å². The second-order valence-corrected chi connectivity index (χ2v) is 4.03. The molecule has 0 radical (unpaired) electrons. The highest BCUT2D eigenvalue weighted by molar-refractivity contribution is 6.08. The van der Waals surface area contributed by atoms with Crippen molar-refractivity contribution < 1.29 is 9.53 Å². The largest absolute Gasteiger partial charge is 0.377 e. The lowest BCUT2D eigenvalue weighted by molar-refractivity contribution is 0.103. The number of hydrogen-bond donors (Lipinski definition) is 0. The number of carbonyl (C=O) groups excluding carboxylic acids is 1. The third-order valence-corrected chi connectivity index (χ3v) is 2.72. The van der Waals surface area contributed by atoms with Crippen molar-refractivity contribution in [3.05, 3.63) is 71.3 Å². The molecule has 0 amide bonds. The first-order valence-corrected chi connectivity index (χ1v) is 6.07. The minimum Gasteiger partial charge on any atom is -0.377 e. The van der Waals surface area contributed by atoms with Crippen molar-refractivity contribution in [3.8, 4) is 0 Å². The van der Waals surface area contributed by atoms with Gasteiger partial charge in [-0.2, -0.15) is 0 Å². The molecule has 0 aliphatic heterocycles. The van der Waals surface area contributed by atoms with Crippen molar-refractivity contribution in [1.82, 2.24) is 0 Å². The Kier molecular flexibility index (Phi) is 4.26. The molecule has 2 nitrogen and oxygen atoms in total. The van der Waals surface area contributed by atoms with Gasteiger partial charge in [-0.1, -0.05) is 54.6 Å². The molecule has 2 rings (SSSR count). The Labute approximate surface area is 107 Å². The van der Waals surface area contributed by atoms with Gasteiger partial charge in [0.2, 0.25) is 0 Å². The third-order valence-electron chi connectivity index (χ3n) is 2.72. The zero-order chi connectivity index (χ0) is 12.8. The van der Waals surface area contributed by atoms with Gasteiger partial charge in [-0.3, -0.25) is 4.79 Å². The van der Waals surface area contributed by atoms with E-state index in [2.05, 4.69) is 0 Å². The average Bonchev–Trinajstić information content (AvgIpc) is 2.46. The van der Waals surface area contributed by atoms with Crippen LogP contribution in [-0.4, -0.2) is 12.4 Å². The van der Waals surface area contributed by atoms with Crippen molar-refractivity contribution in [1.29, 1.82) is 0 Å². The molecule has 0 spiro atoms. The molecule has 0 bridgehead atoms. The molecule has 0 atom stereocenters. The molecule has 0 heterocycles. The molecule has 2 aromatic carbocycles.